The fourth-order valence-electron chi connectivity index (χ4n) is 3.84. The van der Waals surface area contributed by atoms with Crippen molar-refractivity contribution in [3.8, 4) is 0 Å². The molecule has 0 saturated carbocycles. The number of para-hydroxylation sites is 1. The number of carbonyl (C=O) groups is 2. The predicted molar refractivity (Wildman–Crippen MR) is 117 cm³/mol. The minimum Gasteiger partial charge on any atom is -0.310 e. The van der Waals surface area contributed by atoms with Gasteiger partial charge < -0.3 is 15.2 Å². The first kappa shape index (κ1) is 20.9. The van der Waals surface area contributed by atoms with Gasteiger partial charge in [-0.1, -0.05) is 55.0 Å². The lowest BCUT2D eigenvalue weighted by molar-refractivity contribution is -0.128. The van der Waals surface area contributed by atoms with Crippen molar-refractivity contribution < 1.29 is 9.59 Å². The number of benzene rings is 2. The van der Waals surface area contributed by atoms with Gasteiger partial charge in [-0.3, -0.25) is 9.59 Å². The Bertz CT molecular complexity index is 830. The van der Waals surface area contributed by atoms with Gasteiger partial charge in [-0.25, -0.2) is 0 Å². The topological polar surface area (TPSA) is 64.5 Å². The lowest BCUT2D eigenvalue weighted by atomic mass is 9.92. The van der Waals surface area contributed by atoms with Crippen molar-refractivity contribution in [2.24, 2.45) is 5.92 Å². The summed E-state index contributed by atoms with van der Waals surface area (Å²) in [5.74, 6) is -1.73. The minimum absolute atomic E-state index is 0.0574. The SMILES string of the molecule is CC(=O)C(C(=N)c1ccccc1)C(=O)N(CCN1CCCCC1)c1ccccc1. The van der Waals surface area contributed by atoms with Gasteiger partial charge in [0.25, 0.3) is 0 Å². The average Bonchev–Trinajstić information content (AvgIpc) is 2.76. The number of ketones is 1. The maximum Gasteiger partial charge on any atom is 0.243 e. The van der Waals surface area contributed by atoms with Crippen molar-refractivity contribution in [3.05, 3.63) is 66.2 Å². The summed E-state index contributed by atoms with van der Waals surface area (Å²) < 4.78 is 0. The third-order valence-electron chi connectivity index (χ3n) is 5.45. The van der Waals surface area contributed by atoms with Gasteiger partial charge in [0.15, 0.2) is 0 Å². The highest BCUT2D eigenvalue weighted by atomic mass is 16.2. The van der Waals surface area contributed by atoms with Crippen LogP contribution in [0.3, 0.4) is 0 Å². The second-order valence-corrected chi connectivity index (χ2v) is 7.55. The lowest BCUT2D eigenvalue weighted by Gasteiger charge is -2.31. The smallest absolute Gasteiger partial charge is 0.243 e. The Balaban J connectivity index is 1.84. The highest BCUT2D eigenvalue weighted by Gasteiger charge is 2.33. The Hall–Kier alpha value is -2.79. The molecule has 1 unspecified atom stereocenters. The zero-order chi connectivity index (χ0) is 20.6. The van der Waals surface area contributed by atoms with E-state index in [1.807, 2.05) is 48.5 Å². The molecule has 1 saturated heterocycles. The van der Waals surface area contributed by atoms with Gasteiger partial charge >= 0.3 is 0 Å². The van der Waals surface area contributed by atoms with Gasteiger partial charge in [-0.2, -0.15) is 0 Å². The zero-order valence-corrected chi connectivity index (χ0v) is 17.0. The summed E-state index contributed by atoms with van der Waals surface area (Å²) in [5, 5.41) is 8.55. The minimum atomic E-state index is -1.10. The molecule has 1 N–H and O–H groups in total. The first-order valence-electron chi connectivity index (χ1n) is 10.3. The van der Waals surface area contributed by atoms with Crippen LogP contribution in [-0.2, 0) is 9.59 Å². The third kappa shape index (κ3) is 5.39. The van der Waals surface area contributed by atoms with Crippen molar-refractivity contribution in [2.75, 3.05) is 31.1 Å². The van der Waals surface area contributed by atoms with Gasteiger partial charge in [-0.05, 0) is 50.6 Å². The zero-order valence-electron chi connectivity index (χ0n) is 17.0. The highest BCUT2D eigenvalue weighted by Crippen LogP contribution is 2.20. The Kier molecular flexibility index (Phi) is 7.30. The Labute approximate surface area is 172 Å². The van der Waals surface area contributed by atoms with Crippen molar-refractivity contribution >= 4 is 23.1 Å². The molecule has 0 aliphatic carbocycles. The summed E-state index contributed by atoms with van der Waals surface area (Å²) in [7, 11) is 0. The number of Topliss-reactive ketones (excluding diaryl/α,β-unsaturated/α-hetero) is 1. The molecule has 1 aliphatic rings. The van der Waals surface area contributed by atoms with E-state index in [0.29, 0.717) is 12.1 Å². The van der Waals surface area contributed by atoms with Crippen LogP contribution >= 0.6 is 0 Å². The molecule has 1 aliphatic heterocycles. The quantitative estimate of drug-likeness (QED) is 0.550. The van der Waals surface area contributed by atoms with Crippen molar-refractivity contribution in [1.82, 2.24) is 4.90 Å². The number of hydrogen-bond acceptors (Lipinski definition) is 4. The fraction of sp³-hybridized carbons (Fsp3) is 0.375. The number of rotatable bonds is 8. The molecule has 0 bridgehead atoms. The maximum atomic E-state index is 13.5. The Morgan fingerprint density at radius 2 is 1.55 bits per heavy atom. The predicted octanol–water partition coefficient (Wildman–Crippen LogP) is 3.78. The normalized spacial score (nSPS) is 15.5. The van der Waals surface area contributed by atoms with Crippen LogP contribution in [0.1, 0.15) is 31.7 Å². The van der Waals surface area contributed by atoms with Crippen LogP contribution in [0.4, 0.5) is 5.69 Å². The van der Waals surface area contributed by atoms with E-state index in [1.54, 1.807) is 17.0 Å². The number of nitrogens with zero attached hydrogens (tertiary/aromatic N) is 2. The molecule has 1 heterocycles. The van der Waals surface area contributed by atoms with Gasteiger partial charge in [0, 0.05) is 18.8 Å². The van der Waals surface area contributed by atoms with Crippen LogP contribution in [0.15, 0.2) is 60.7 Å². The van der Waals surface area contributed by atoms with E-state index in [2.05, 4.69) is 4.90 Å². The van der Waals surface area contributed by atoms with Crippen LogP contribution in [0, 0.1) is 11.3 Å². The second kappa shape index (κ2) is 10.1. The molecule has 5 nitrogen and oxygen atoms in total. The van der Waals surface area contributed by atoms with Crippen LogP contribution in [0.5, 0.6) is 0 Å². The average molecular weight is 392 g/mol. The van der Waals surface area contributed by atoms with E-state index in [4.69, 9.17) is 5.41 Å². The number of piperidine rings is 1. The van der Waals surface area contributed by atoms with E-state index < -0.39 is 5.92 Å². The molecule has 0 spiro atoms. The van der Waals surface area contributed by atoms with Gasteiger partial charge in [-0.15, -0.1) is 0 Å². The third-order valence-corrected chi connectivity index (χ3v) is 5.45. The van der Waals surface area contributed by atoms with Crippen molar-refractivity contribution in [3.63, 3.8) is 0 Å². The first-order chi connectivity index (χ1) is 14.1. The summed E-state index contributed by atoms with van der Waals surface area (Å²) in [4.78, 5) is 30.0. The summed E-state index contributed by atoms with van der Waals surface area (Å²) in [6.45, 7) is 4.77. The summed E-state index contributed by atoms with van der Waals surface area (Å²) in [6.07, 6.45) is 3.64. The lowest BCUT2D eigenvalue weighted by Crippen LogP contribution is -2.46. The van der Waals surface area contributed by atoms with Crippen LogP contribution in [0.2, 0.25) is 0 Å². The standard InChI is InChI=1S/C24H29N3O2/c1-19(28)22(23(25)20-11-5-2-6-12-20)24(29)27(21-13-7-3-8-14-21)18-17-26-15-9-4-10-16-26/h2-3,5-8,11-14,22,25H,4,9-10,15-18H2,1H3. The summed E-state index contributed by atoms with van der Waals surface area (Å²) >= 11 is 0. The van der Waals surface area contributed by atoms with E-state index in [9.17, 15) is 9.59 Å². The molecule has 0 radical (unpaired) electrons. The summed E-state index contributed by atoms with van der Waals surface area (Å²) in [5.41, 5.74) is 1.42. The van der Waals surface area contributed by atoms with Crippen LogP contribution in [-0.4, -0.2) is 48.5 Å². The molecule has 2 aromatic rings. The molecular weight excluding hydrogens is 362 g/mol. The largest absolute Gasteiger partial charge is 0.310 e. The number of anilines is 1. The number of likely N-dealkylation sites (tertiary alicyclic amines) is 1. The second-order valence-electron chi connectivity index (χ2n) is 7.55. The molecule has 3 rings (SSSR count). The van der Waals surface area contributed by atoms with Crippen LogP contribution < -0.4 is 4.90 Å². The molecular formula is C24H29N3O2. The summed E-state index contributed by atoms with van der Waals surface area (Å²) in [6, 6.07) is 18.5. The molecule has 5 heteroatoms. The highest BCUT2D eigenvalue weighted by molar-refractivity contribution is 6.27. The van der Waals surface area contributed by atoms with Gasteiger partial charge in [0.1, 0.15) is 11.7 Å². The first-order valence-corrected chi connectivity index (χ1v) is 10.3. The van der Waals surface area contributed by atoms with Crippen molar-refractivity contribution in [1.29, 1.82) is 5.41 Å². The van der Waals surface area contributed by atoms with E-state index in [1.165, 1.54) is 26.2 Å². The molecule has 2 aromatic carbocycles. The van der Waals surface area contributed by atoms with Gasteiger partial charge in [0.2, 0.25) is 5.91 Å². The Morgan fingerprint density at radius 1 is 0.966 bits per heavy atom. The van der Waals surface area contributed by atoms with Crippen molar-refractivity contribution in [2.45, 2.75) is 26.2 Å². The number of amides is 1. The van der Waals surface area contributed by atoms with E-state index >= 15 is 0 Å². The van der Waals surface area contributed by atoms with E-state index in [0.717, 1.165) is 25.3 Å². The molecule has 1 amide bonds. The fourth-order valence-corrected chi connectivity index (χ4v) is 3.84. The van der Waals surface area contributed by atoms with Gasteiger partial charge in [0.05, 0.1) is 5.71 Å². The monoisotopic (exact) mass is 391 g/mol. The molecule has 0 aromatic heterocycles. The molecule has 1 fully saturated rings. The Morgan fingerprint density at radius 3 is 2.14 bits per heavy atom. The maximum absolute atomic E-state index is 13.5. The molecule has 152 valence electrons. The number of carbonyl (C=O) groups excluding carboxylic acids is 2. The number of hydrogen-bond donors (Lipinski definition) is 1. The molecule has 1 atom stereocenters. The van der Waals surface area contributed by atoms with Crippen LogP contribution in [0.25, 0.3) is 0 Å². The van der Waals surface area contributed by atoms with E-state index in [-0.39, 0.29) is 17.4 Å². The number of nitrogens with one attached hydrogen (secondary N) is 1. The molecule has 29 heavy (non-hydrogen) atoms.